The molecule has 1 unspecified atom stereocenters. The number of benzene rings is 2. The van der Waals surface area contributed by atoms with Crippen molar-refractivity contribution in [1.82, 2.24) is 0 Å². The maximum atomic E-state index is 2.72. The van der Waals surface area contributed by atoms with Gasteiger partial charge >= 0.3 is 0 Å². The summed E-state index contributed by atoms with van der Waals surface area (Å²) in [5, 5.41) is 0.546. The maximum absolute atomic E-state index is 2.72. The molecule has 2 aromatic carbocycles. The number of allylic oxidation sites excluding steroid dienone is 2. The lowest BCUT2D eigenvalue weighted by Crippen LogP contribution is -2.43. The highest BCUT2D eigenvalue weighted by atomic mass is 32.2. The van der Waals surface area contributed by atoms with E-state index in [0.717, 1.165) is 0 Å². The summed E-state index contributed by atoms with van der Waals surface area (Å²) in [4.78, 5) is 0. The van der Waals surface area contributed by atoms with Gasteiger partial charge in [-0.3, -0.25) is 0 Å². The molecule has 1 aliphatic carbocycles. The van der Waals surface area contributed by atoms with Gasteiger partial charge in [0.05, 0.1) is 4.75 Å². The Morgan fingerprint density at radius 1 is 0.750 bits per heavy atom. The summed E-state index contributed by atoms with van der Waals surface area (Å²) in [7, 11) is 0. The van der Waals surface area contributed by atoms with Crippen LogP contribution >= 0.6 is 23.5 Å². The minimum absolute atomic E-state index is 0.0394. The lowest BCUT2D eigenvalue weighted by atomic mass is 9.73. The Balaban J connectivity index is 1.78. The SMILES string of the molecule is Cc1ccc(C2=C[C@]3(c4ccc(C)cc4)SC4[C@@H]2C(C(C)(C)C)=C[C@@]4(C(C)(C)C)S3)cc1. The van der Waals surface area contributed by atoms with Crippen LogP contribution in [0.1, 0.15) is 63.8 Å². The average Bonchev–Trinajstić information content (AvgIpc) is 3.16. The van der Waals surface area contributed by atoms with Gasteiger partial charge in [0, 0.05) is 11.2 Å². The van der Waals surface area contributed by atoms with Crippen LogP contribution in [0.15, 0.2) is 66.3 Å². The van der Waals surface area contributed by atoms with Crippen LogP contribution in [-0.4, -0.2) is 10.00 Å². The van der Waals surface area contributed by atoms with Gasteiger partial charge in [0.15, 0.2) is 0 Å². The highest BCUT2D eigenvalue weighted by Gasteiger charge is 2.68. The van der Waals surface area contributed by atoms with Gasteiger partial charge in [0.2, 0.25) is 0 Å². The van der Waals surface area contributed by atoms with E-state index in [1.54, 1.807) is 5.57 Å². The monoisotopic (exact) mass is 460 g/mol. The highest BCUT2D eigenvalue weighted by molar-refractivity contribution is 8.22. The molecule has 0 amide bonds. The summed E-state index contributed by atoms with van der Waals surface area (Å²) < 4.78 is 0.0705. The lowest BCUT2D eigenvalue weighted by Gasteiger charge is -2.41. The molecule has 0 aromatic heterocycles. The first-order chi connectivity index (χ1) is 14.9. The molecule has 168 valence electrons. The van der Waals surface area contributed by atoms with Gasteiger partial charge in [-0.25, -0.2) is 0 Å². The molecule has 0 nitrogen and oxygen atoms in total. The summed E-state index contributed by atoms with van der Waals surface area (Å²) in [6.45, 7) is 18.9. The van der Waals surface area contributed by atoms with Crippen molar-refractivity contribution in [1.29, 1.82) is 0 Å². The molecule has 0 N–H and O–H groups in total. The first-order valence-corrected chi connectivity index (χ1v) is 13.5. The number of thioether (sulfide) groups is 2. The topological polar surface area (TPSA) is 0 Å². The molecule has 3 aliphatic rings. The molecular formula is C30H36S2. The first kappa shape index (κ1) is 22.4. The Labute approximate surface area is 203 Å². The second-order valence-electron chi connectivity index (χ2n) is 12.0. The van der Waals surface area contributed by atoms with Gasteiger partial charge < -0.3 is 0 Å². The van der Waals surface area contributed by atoms with E-state index < -0.39 is 0 Å². The molecule has 5 rings (SSSR count). The van der Waals surface area contributed by atoms with Crippen molar-refractivity contribution in [3.63, 3.8) is 0 Å². The smallest absolute Gasteiger partial charge is 0.106 e. The zero-order valence-electron chi connectivity index (χ0n) is 20.7. The van der Waals surface area contributed by atoms with E-state index in [9.17, 15) is 0 Å². The molecule has 2 heteroatoms. The normalized spacial score (nSPS) is 31.5. The molecule has 0 radical (unpaired) electrons. The third-order valence-electron chi connectivity index (χ3n) is 7.61. The summed E-state index contributed by atoms with van der Waals surface area (Å²) >= 11 is 4.43. The summed E-state index contributed by atoms with van der Waals surface area (Å²) in [5.74, 6) is 0.468. The van der Waals surface area contributed by atoms with Crippen LogP contribution in [0.3, 0.4) is 0 Å². The molecule has 0 saturated carbocycles. The highest BCUT2D eigenvalue weighted by Crippen LogP contribution is 2.78. The van der Waals surface area contributed by atoms with Gasteiger partial charge in [0.25, 0.3) is 0 Å². The number of hydrogen-bond acceptors (Lipinski definition) is 2. The largest absolute Gasteiger partial charge is 0.129 e. The van der Waals surface area contributed by atoms with Crippen molar-refractivity contribution in [2.75, 3.05) is 0 Å². The fraction of sp³-hybridized carbons (Fsp3) is 0.467. The fourth-order valence-electron chi connectivity index (χ4n) is 5.69. The predicted octanol–water partition coefficient (Wildman–Crippen LogP) is 8.79. The Morgan fingerprint density at radius 2 is 1.31 bits per heavy atom. The molecule has 2 bridgehead atoms. The molecule has 1 saturated heterocycles. The number of fused-ring (bicyclic) bond motifs is 1. The average molecular weight is 461 g/mol. The van der Waals surface area contributed by atoms with E-state index >= 15 is 0 Å². The van der Waals surface area contributed by atoms with Gasteiger partial charge in [-0.1, -0.05) is 113 Å². The lowest BCUT2D eigenvalue weighted by molar-refractivity contribution is 0.325. The van der Waals surface area contributed by atoms with Crippen molar-refractivity contribution in [3.8, 4) is 0 Å². The Kier molecular flexibility index (Phi) is 4.95. The zero-order valence-corrected chi connectivity index (χ0v) is 22.4. The predicted molar refractivity (Wildman–Crippen MR) is 144 cm³/mol. The van der Waals surface area contributed by atoms with E-state index in [0.29, 0.717) is 11.2 Å². The third-order valence-corrected chi connectivity index (χ3v) is 11.9. The summed E-state index contributed by atoms with van der Waals surface area (Å²) in [6.07, 6.45) is 5.36. The molecule has 32 heavy (non-hydrogen) atoms. The van der Waals surface area contributed by atoms with Crippen molar-refractivity contribution in [3.05, 3.63) is 88.5 Å². The first-order valence-electron chi connectivity index (χ1n) is 11.8. The van der Waals surface area contributed by atoms with Crippen LogP contribution in [-0.2, 0) is 4.08 Å². The van der Waals surface area contributed by atoms with E-state index in [1.807, 2.05) is 0 Å². The number of hydrogen-bond donors (Lipinski definition) is 0. The fourth-order valence-corrected chi connectivity index (χ4v) is 10.5. The third kappa shape index (κ3) is 3.20. The van der Waals surface area contributed by atoms with Crippen molar-refractivity contribution >= 4 is 29.1 Å². The zero-order chi connectivity index (χ0) is 23.1. The van der Waals surface area contributed by atoms with Crippen LogP contribution in [0.4, 0.5) is 0 Å². The van der Waals surface area contributed by atoms with Gasteiger partial charge in [-0.2, -0.15) is 0 Å². The van der Waals surface area contributed by atoms with Crippen LogP contribution in [0.25, 0.3) is 5.57 Å². The van der Waals surface area contributed by atoms with Crippen LogP contribution < -0.4 is 0 Å². The Hall–Kier alpha value is -1.38. The maximum Gasteiger partial charge on any atom is 0.106 e. The van der Waals surface area contributed by atoms with E-state index in [4.69, 9.17) is 0 Å². The minimum atomic E-state index is -0.0394. The van der Waals surface area contributed by atoms with Crippen LogP contribution in [0.5, 0.6) is 0 Å². The molecule has 2 aromatic rings. The van der Waals surface area contributed by atoms with Gasteiger partial charge in [-0.05, 0) is 47.5 Å². The molecule has 4 atom stereocenters. The Bertz CT molecular complexity index is 1110. The molecule has 1 fully saturated rings. The van der Waals surface area contributed by atoms with E-state index in [-0.39, 0.29) is 19.7 Å². The molecule has 0 spiro atoms. The van der Waals surface area contributed by atoms with Crippen molar-refractivity contribution in [2.24, 2.45) is 16.7 Å². The van der Waals surface area contributed by atoms with Crippen LogP contribution in [0.2, 0.25) is 0 Å². The quantitative estimate of drug-likeness (QED) is 0.411. The number of aryl methyl sites for hydroxylation is 2. The second kappa shape index (κ2) is 7.06. The summed E-state index contributed by atoms with van der Waals surface area (Å²) in [5.41, 5.74) is 8.97. The Morgan fingerprint density at radius 3 is 1.84 bits per heavy atom. The number of rotatable bonds is 2. The van der Waals surface area contributed by atoms with Crippen molar-refractivity contribution < 1.29 is 0 Å². The van der Waals surface area contributed by atoms with Gasteiger partial charge in [-0.15, -0.1) is 23.5 Å². The molecule has 2 heterocycles. The van der Waals surface area contributed by atoms with Crippen molar-refractivity contribution in [2.45, 2.75) is 69.5 Å². The minimum Gasteiger partial charge on any atom is -0.129 e. The molecule has 2 aliphatic heterocycles. The standard InChI is InChI=1S/C30H36S2/c1-19-9-13-21(14-10-19)23-17-30(22-15-11-20(2)12-16-22)31-26-25(23)24(27(3,4)5)18-29(26,32-30)28(6,7)8/h9-18,25-26H,1-8H3/t25-,26?,29+,30-/m0/s1. The molecular weight excluding hydrogens is 424 g/mol. The van der Waals surface area contributed by atoms with Crippen LogP contribution in [0, 0.1) is 30.6 Å². The van der Waals surface area contributed by atoms with Gasteiger partial charge in [0.1, 0.15) is 4.08 Å². The second-order valence-corrected chi connectivity index (χ2v) is 15.2. The van der Waals surface area contributed by atoms with E-state index in [1.165, 1.54) is 27.8 Å². The van der Waals surface area contributed by atoms with E-state index in [2.05, 4.69) is 140 Å². The summed E-state index contributed by atoms with van der Waals surface area (Å²) in [6, 6.07) is 18.5.